The van der Waals surface area contributed by atoms with Gasteiger partial charge in [-0.25, -0.2) is 0 Å². The quantitative estimate of drug-likeness (QED) is 0.561. The van der Waals surface area contributed by atoms with Crippen molar-refractivity contribution in [1.29, 1.82) is 0 Å². The zero-order valence-corrected chi connectivity index (χ0v) is 18.1. The lowest BCUT2D eigenvalue weighted by Gasteiger charge is -2.58. The molecule has 0 amide bonds. The second-order valence-corrected chi connectivity index (χ2v) is 10.6. The van der Waals surface area contributed by atoms with Crippen LogP contribution in [0.15, 0.2) is 11.6 Å². The van der Waals surface area contributed by atoms with Gasteiger partial charge in [0.15, 0.2) is 5.78 Å². The molecule has 1 N–H and O–H groups in total. The van der Waals surface area contributed by atoms with Crippen LogP contribution < -0.4 is 0 Å². The molecule has 0 aromatic carbocycles. The molecule has 3 saturated carbocycles. The number of ether oxygens (including phenoxy) is 1. The summed E-state index contributed by atoms with van der Waals surface area (Å²) in [5, 5.41) is 11.5. The maximum Gasteiger partial charge on any atom is 0.302 e. The highest BCUT2D eigenvalue weighted by atomic mass is 16.5. The van der Waals surface area contributed by atoms with Crippen molar-refractivity contribution in [3.63, 3.8) is 0 Å². The molecule has 0 radical (unpaired) electrons. The lowest BCUT2D eigenvalue weighted by atomic mass is 9.46. The number of hydrogen-bond donors (Lipinski definition) is 1. The number of carbonyl (C=O) groups is 2. The Kier molecular flexibility index (Phi) is 4.61. The summed E-state index contributed by atoms with van der Waals surface area (Å²) >= 11 is 0. The minimum Gasteiger partial charge on any atom is -0.462 e. The van der Waals surface area contributed by atoms with E-state index >= 15 is 0 Å². The predicted molar refractivity (Wildman–Crippen MR) is 107 cm³/mol. The van der Waals surface area contributed by atoms with E-state index in [1.54, 1.807) is 6.92 Å². The average molecular weight is 389 g/mol. The minimum atomic E-state index is -1.18. The molecule has 0 unspecified atom stereocenters. The summed E-state index contributed by atoms with van der Waals surface area (Å²) in [5.74, 6) is 1.33. The normalized spacial score (nSPS) is 50.1. The SMILES string of the molecule is CC(=O)O[C@@H]1CC[C@@]2(C)C(=CC[C@@H]3[C@H]2CC[C@@]2(C)[C@H]3C[C@@H](C)[C@]2(O)C(C)=O)C1. The molecule has 0 aromatic rings. The first kappa shape index (κ1) is 20.1. The van der Waals surface area contributed by atoms with E-state index in [0.29, 0.717) is 17.8 Å². The van der Waals surface area contributed by atoms with Crippen molar-refractivity contribution in [3.8, 4) is 0 Å². The largest absolute Gasteiger partial charge is 0.462 e. The van der Waals surface area contributed by atoms with Crippen LogP contribution in [0, 0.1) is 34.5 Å². The van der Waals surface area contributed by atoms with Gasteiger partial charge in [0, 0.05) is 18.8 Å². The van der Waals surface area contributed by atoms with Gasteiger partial charge in [0.25, 0.3) is 0 Å². The summed E-state index contributed by atoms with van der Waals surface area (Å²) in [5.41, 5.74) is 0.153. The number of Topliss-reactive ketones (excluding diaryl/α,β-unsaturated/α-hetero) is 1. The topological polar surface area (TPSA) is 63.6 Å². The van der Waals surface area contributed by atoms with Gasteiger partial charge < -0.3 is 9.84 Å². The van der Waals surface area contributed by atoms with E-state index in [2.05, 4.69) is 26.8 Å². The Morgan fingerprint density at radius 1 is 1.14 bits per heavy atom. The Bertz CT molecular complexity index is 726. The molecule has 4 aliphatic rings. The number of aliphatic hydroxyl groups is 1. The Morgan fingerprint density at radius 3 is 2.50 bits per heavy atom. The summed E-state index contributed by atoms with van der Waals surface area (Å²) in [4.78, 5) is 23.9. The molecule has 0 bridgehead atoms. The summed E-state index contributed by atoms with van der Waals surface area (Å²) in [6.07, 6.45) is 9.29. The molecule has 0 spiro atoms. The van der Waals surface area contributed by atoms with Crippen LogP contribution in [-0.4, -0.2) is 28.6 Å². The van der Waals surface area contributed by atoms with Crippen molar-refractivity contribution in [2.24, 2.45) is 34.5 Å². The first-order valence-corrected chi connectivity index (χ1v) is 11.1. The summed E-state index contributed by atoms with van der Waals surface area (Å²) in [7, 11) is 0. The van der Waals surface area contributed by atoms with E-state index in [1.165, 1.54) is 12.5 Å². The van der Waals surface area contributed by atoms with Crippen molar-refractivity contribution in [1.82, 2.24) is 0 Å². The van der Waals surface area contributed by atoms with E-state index in [0.717, 1.165) is 44.9 Å². The molecular formula is C24H36O4. The number of rotatable bonds is 2. The molecule has 0 aromatic heterocycles. The van der Waals surface area contributed by atoms with Crippen LogP contribution in [0.3, 0.4) is 0 Å². The minimum absolute atomic E-state index is 0.0246. The lowest BCUT2D eigenvalue weighted by Crippen LogP contribution is -2.58. The molecule has 28 heavy (non-hydrogen) atoms. The second-order valence-electron chi connectivity index (χ2n) is 10.6. The maximum absolute atomic E-state index is 12.5. The first-order valence-electron chi connectivity index (χ1n) is 11.1. The van der Waals surface area contributed by atoms with Crippen LogP contribution in [0.25, 0.3) is 0 Å². The molecular weight excluding hydrogens is 352 g/mol. The third-order valence-corrected chi connectivity index (χ3v) is 9.51. The molecule has 0 aliphatic heterocycles. The van der Waals surface area contributed by atoms with Gasteiger partial charge in [-0.3, -0.25) is 9.59 Å². The smallest absolute Gasteiger partial charge is 0.302 e. The van der Waals surface area contributed by atoms with E-state index in [1.807, 2.05) is 0 Å². The van der Waals surface area contributed by atoms with Crippen molar-refractivity contribution in [2.45, 2.75) is 91.3 Å². The van der Waals surface area contributed by atoms with Gasteiger partial charge in [0.2, 0.25) is 0 Å². The molecule has 0 heterocycles. The molecule has 4 nitrogen and oxygen atoms in total. The fraction of sp³-hybridized carbons (Fsp3) is 0.833. The Morgan fingerprint density at radius 2 is 1.86 bits per heavy atom. The van der Waals surface area contributed by atoms with Gasteiger partial charge in [-0.2, -0.15) is 0 Å². The van der Waals surface area contributed by atoms with Crippen LogP contribution in [0.1, 0.15) is 79.6 Å². The van der Waals surface area contributed by atoms with Crippen molar-refractivity contribution in [2.75, 3.05) is 0 Å². The fourth-order valence-corrected chi connectivity index (χ4v) is 8.05. The highest BCUT2D eigenvalue weighted by molar-refractivity contribution is 5.86. The standard InChI is InChI=1S/C24H36O4/c1-14-12-21-19-7-6-17-13-18(28-16(3)26)8-10-22(17,4)20(19)9-11-23(21,5)24(14,27)15(2)25/h6,14,18-21,27H,7-13H2,1-5H3/t14-,18-,19-,20-,21+,22+,23+,24+/m1/s1. The van der Waals surface area contributed by atoms with E-state index in [-0.39, 0.29) is 34.6 Å². The van der Waals surface area contributed by atoms with Gasteiger partial charge in [0.1, 0.15) is 11.7 Å². The first-order chi connectivity index (χ1) is 13.0. The van der Waals surface area contributed by atoms with E-state index < -0.39 is 5.60 Å². The number of esters is 1. The molecule has 3 fully saturated rings. The second kappa shape index (κ2) is 6.42. The summed E-state index contributed by atoms with van der Waals surface area (Å²) in [6, 6.07) is 0. The fourth-order valence-electron chi connectivity index (χ4n) is 8.05. The van der Waals surface area contributed by atoms with Gasteiger partial charge >= 0.3 is 5.97 Å². The van der Waals surface area contributed by atoms with Crippen molar-refractivity contribution >= 4 is 11.8 Å². The Balaban J connectivity index is 1.64. The van der Waals surface area contributed by atoms with Gasteiger partial charge in [-0.1, -0.05) is 32.4 Å². The van der Waals surface area contributed by atoms with Crippen LogP contribution in [0.5, 0.6) is 0 Å². The van der Waals surface area contributed by atoms with Crippen LogP contribution >= 0.6 is 0 Å². The monoisotopic (exact) mass is 388 g/mol. The van der Waals surface area contributed by atoms with E-state index in [4.69, 9.17) is 4.74 Å². The van der Waals surface area contributed by atoms with Crippen LogP contribution in [-0.2, 0) is 14.3 Å². The molecule has 156 valence electrons. The third-order valence-electron chi connectivity index (χ3n) is 9.51. The molecule has 0 saturated heterocycles. The number of carbonyl (C=O) groups excluding carboxylic acids is 2. The summed E-state index contributed by atoms with van der Waals surface area (Å²) < 4.78 is 5.52. The van der Waals surface area contributed by atoms with Crippen LogP contribution in [0.4, 0.5) is 0 Å². The molecule has 4 aliphatic carbocycles. The number of ketones is 1. The van der Waals surface area contributed by atoms with Gasteiger partial charge in [-0.15, -0.1) is 0 Å². The van der Waals surface area contributed by atoms with Crippen molar-refractivity contribution < 1.29 is 19.4 Å². The zero-order valence-electron chi connectivity index (χ0n) is 18.1. The molecule has 4 heteroatoms. The van der Waals surface area contributed by atoms with Crippen LogP contribution in [0.2, 0.25) is 0 Å². The maximum atomic E-state index is 12.5. The summed E-state index contributed by atoms with van der Waals surface area (Å²) in [6.45, 7) is 9.73. The Hall–Kier alpha value is -1.16. The number of fused-ring (bicyclic) bond motifs is 5. The molecule has 4 rings (SSSR count). The highest BCUT2D eigenvalue weighted by Gasteiger charge is 2.67. The Labute approximate surface area is 169 Å². The molecule has 8 atom stereocenters. The third kappa shape index (κ3) is 2.52. The van der Waals surface area contributed by atoms with E-state index in [9.17, 15) is 14.7 Å². The van der Waals surface area contributed by atoms with Gasteiger partial charge in [0.05, 0.1) is 0 Å². The lowest BCUT2D eigenvalue weighted by molar-refractivity contribution is -0.165. The number of hydrogen-bond acceptors (Lipinski definition) is 4. The number of allylic oxidation sites excluding steroid dienone is 1. The van der Waals surface area contributed by atoms with Crippen molar-refractivity contribution in [3.05, 3.63) is 11.6 Å². The average Bonchev–Trinajstić information content (AvgIpc) is 2.83. The zero-order chi connectivity index (χ0) is 20.5. The highest BCUT2D eigenvalue weighted by Crippen LogP contribution is 2.68. The predicted octanol–water partition coefficient (Wildman–Crippen LogP) is 4.45. The van der Waals surface area contributed by atoms with Gasteiger partial charge in [-0.05, 0) is 74.5 Å².